The first-order valence-corrected chi connectivity index (χ1v) is 7.40. The van der Waals surface area contributed by atoms with E-state index in [0.29, 0.717) is 17.2 Å². The maximum Gasteiger partial charge on any atom is 0.265 e. The molecule has 0 unspecified atom stereocenters. The van der Waals surface area contributed by atoms with Crippen LogP contribution in [0, 0.1) is 0 Å². The van der Waals surface area contributed by atoms with Crippen LogP contribution in [0.5, 0.6) is 11.5 Å². The summed E-state index contributed by atoms with van der Waals surface area (Å²) < 4.78 is 37.2. The van der Waals surface area contributed by atoms with Crippen LogP contribution in [0.15, 0.2) is 41.6 Å². The van der Waals surface area contributed by atoms with Crippen LogP contribution in [0.3, 0.4) is 0 Å². The number of nitrogens with zero attached hydrogens (tertiary/aromatic N) is 1. The molecule has 2 aromatic rings. The Morgan fingerprint density at radius 2 is 1.86 bits per heavy atom. The van der Waals surface area contributed by atoms with Gasteiger partial charge < -0.3 is 15.2 Å². The van der Waals surface area contributed by atoms with Crippen LogP contribution in [-0.4, -0.2) is 27.6 Å². The van der Waals surface area contributed by atoms with Crippen molar-refractivity contribution >= 4 is 21.4 Å². The van der Waals surface area contributed by atoms with Crippen LogP contribution < -0.4 is 19.9 Å². The average molecular weight is 309 g/mol. The Morgan fingerprint density at radius 3 is 2.48 bits per heavy atom. The van der Waals surface area contributed by atoms with Gasteiger partial charge in [-0.1, -0.05) is 0 Å². The highest BCUT2D eigenvalue weighted by atomic mass is 32.2. The summed E-state index contributed by atoms with van der Waals surface area (Å²) in [6.45, 7) is 0. The molecule has 0 spiro atoms. The van der Waals surface area contributed by atoms with Crippen molar-refractivity contribution in [2.24, 2.45) is 0 Å². The van der Waals surface area contributed by atoms with Crippen molar-refractivity contribution < 1.29 is 17.9 Å². The lowest BCUT2D eigenvalue weighted by molar-refractivity contribution is 0.355. The quantitative estimate of drug-likeness (QED) is 0.867. The molecular weight excluding hydrogens is 294 g/mol. The molecule has 0 saturated carbocycles. The van der Waals surface area contributed by atoms with Crippen LogP contribution in [0.2, 0.25) is 0 Å². The summed E-state index contributed by atoms with van der Waals surface area (Å²) in [5, 5.41) is 0. The second-order valence-corrected chi connectivity index (χ2v) is 5.74. The summed E-state index contributed by atoms with van der Waals surface area (Å²) >= 11 is 0. The molecule has 0 aliphatic carbocycles. The Kier molecular flexibility index (Phi) is 4.18. The van der Waals surface area contributed by atoms with Crippen molar-refractivity contribution in [3.8, 4) is 11.5 Å². The van der Waals surface area contributed by atoms with Crippen molar-refractivity contribution in [2.45, 2.75) is 4.90 Å². The normalized spacial score (nSPS) is 11.0. The van der Waals surface area contributed by atoms with Crippen molar-refractivity contribution in [1.82, 2.24) is 4.98 Å². The molecule has 0 radical (unpaired) electrons. The fourth-order valence-electron chi connectivity index (χ4n) is 1.73. The van der Waals surface area contributed by atoms with Crippen molar-refractivity contribution in [3.63, 3.8) is 0 Å². The predicted molar refractivity (Wildman–Crippen MR) is 79.0 cm³/mol. The lowest BCUT2D eigenvalue weighted by Gasteiger charge is -2.12. The summed E-state index contributed by atoms with van der Waals surface area (Å²) in [4.78, 5) is 3.69. The van der Waals surface area contributed by atoms with Gasteiger partial charge in [0.2, 0.25) is 0 Å². The van der Waals surface area contributed by atoms with Gasteiger partial charge in [-0.3, -0.25) is 9.71 Å². The molecule has 2 rings (SSSR count). The van der Waals surface area contributed by atoms with E-state index in [-0.39, 0.29) is 10.6 Å². The van der Waals surface area contributed by atoms with Crippen LogP contribution in [-0.2, 0) is 10.0 Å². The van der Waals surface area contributed by atoms with Gasteiger partial charge in [-0.2, -0.15) is 0 Å². The number of aromatic nitrogens is 1. The Labute approximate surface area is 122 Å². The highest BCUT2D eigenvalue weighted by molar-refractivity contribution is 7.92. The number of anilines is 2. The SMILES string of the molecule is COc1ccc(NS(=O)(=O)c2cnccc2N)cc1OC. The first-order valence-electron chi connectivity index (χ1n) is 5.92. The molecule has 7 nitrogen and oxygen atoms in total. The third-order valence-corrected chi connectivity index (χ3v) is 4.17. The first-order chi connectivity index (χ1) is 9.97. The topological polar surface area (TPSA) is 104 Å². The van der Waals surface area contributed by atoms with Crippen molar-refractivity contribution in [2.75, 3.05) is 24.7 Å². The number of methoxy groups -OCH3 is 2. The summed E-state index contributed by atoms with van der Waals surface area (Å²) in [7, 11) is -0.857. The number of pyridine rings is 1. The molecule has 0 amide bonds. The fraction of sp³-hybridized carbons (Fsp3) is 0.154. The summed E-state index contributed by atoms with van der Waals surface area (Å²) in [5.74, 6) is 0.915. The van der Waals surface area contributed by atoms with E-state index < -0.39 is 10.0 Å². The van der Waals surface area contributed by atoms with Gasteiger partial charge in [0.25, 0.3) is 10.0 Å². The van der Waals surface area contributed by atoms with E-state index in [4.69, 9.17) is 15.2 Å². The second-order valence-electron chi connectivity index (χ2n) is 4.09. The zero-order chi connectivity index (χ0) is 15.5. The van der Waals surface area contributed by atoms with E-state index in [1.165, 1.54) is 38.7 Å². The molecule has 0 fully saturated rings. The summed E-state index contributed by atoms with van der Waals surface area (Å²) in [6, 6.07) is 6.10. The number of nitrogens with two attached hydrogens (primary N) is 1. The van der Waals surface area contributed by atoms with E-state index in [1.807, 2.05) is 0 Å². The molecule has 1 aromatic heterocycles. The molecule has 21 heavy (non-hydrogen) atoms. The average Bonchev–Trinajstić information content (AvgIpc) is 2.47. The Balaban J connectivity index is 2.35. The maximum atomic E-state index is 12.3. The van der Waals surface area contributed by atoms with E-state index in [1.54, 1.807) is 12.1 Å². The van der Waals surface area contributed by atoms with Gasteiger partial charge in [0.1, 0.15) is 4.90 Å². The van der Waals surface area contributed by atoms with Gasteiger partial charge >= 0.3 is 0 Å². The lowest BCUT2D eigenvalue weighted by atomic mass is 10.3. The number of hydrogen-bond donors (Lipinski definition) is 2. The number of benzene rings is 1. The van der Waals surface area contributed by atoms with Crippen LogP contribution in [0.1, 0.15) is 0 Å². The molecule has 3 N–H and O–H groups in total. The number of sulfonamides is 1. The Hall–Kier alpha value is -2.48. The van der Waals surface area contributed by atoms with Gasteiger partial charge in [-0.25, -0.2) is 8.42 Å². The molecule has 0 saturated heterocycles. The monoisotopic (exact) mass is 309 g/mol. The minimum Gasteiger partial charge on any atom is -0.493 e. The molecule has 112 valence electrons. The summed E-state index contributed by atoms with van der Waals surface area (Å²) in [6.07, 6.45) is 2.61. The highest BCUT2D eigenvalue weighted by Gasteiger charge is 2.18. The maximum absolute atomic E-state index is 12.3. The first kappa shape index (κ1) is 14.9. The number of nitrogen functional groups attached to an aromatic ring is 1. The Morgan fingerprint density at radius 1 is 1.14 bits per heavy atom. The van der Waals surface area contributed by atoms with E-state index in [9.17, 15) is 8.42 Å². The zero-order valence-corrected chi connectivity index (χ0v) is 12.3. The predicted octanol–water partition coefficient (Wildman–Crippen LogP) is 1.48. The molecule has 0 aliphatic heterocycles. The molecule has 0 atom stereocenters. The van der Waals surface area contributed by atoms with E-state index >= 15 is 0 Å². The Bertz CT molecular complexity index is 747. The highest BCUT2D eigenvalue weighted by Crippen LogP contribution is 2.31. The zero-order valence-electron chi connectivity index (χ0n) is 11.5. The minimum atomic E-state index is -3.82. The van der Waals surface area contributed by atoms with Gasteiger partial charge in [0.15, 0.2) is 11.5 Å². The fourth-order valence-corrected chi connectivity index (χ4v) is 2.85. The third-order valence-electron chi connectivity index (χ3n) is 2.74. The largest absolute Gasteiger partial charge is 0.493 e. The number of nitrogens with one attached hydrogen (secondary N) is 1. The molecule has 1 heterocycles. The van der Waals surface area contributed by atoms with E-state index in [0.717, 1.165) is 0 Å². The molecular formula is C13H15N3O4S. The molecule has 8 heteroatoms. The van der Waals surface area contributed by atoms with E-state index in [2.05, 4.69) is 9.71 Å². The number of hydrogen-bond acceptors (Lipinski definition) is 6. The standard InChI is InChI=1S/C13H15N3O4S/c1-19-11-4-3-9(7-12(11)20-2)16-21(17,18)13-8-15-6-5-10(13)14/h3-8,16H,1-2H3,(H2,14,15). The van der Waals surface area contributed by atoms with Crippen LogP contribution in [0.25, 0.3) is 0 Å². The van der Waals surface area contributed by atoms with Crippen molar-refractivity contribution in [1.29, 1.82) is 0 Å². The molecule has 0 aliphatic rings. The van der Waals surface area contributed by atoms with Gasteiger partial charge in [-0.15, -0.1) is 0 Å². The van der Waals surface area contributed by atoms with Crippen molar-refractivity contribution in [3.05, 3.63) is 36.7 Å². The molecule has 0 bridgehead atoms. The lowest BCUT2D eigenvalue weighted by Crippen LogP contribution is -2.15. The van der Waals surface area contributed by atoms with Crippen LogP contribution >= 0.6 is 0 Å². The number of rotatable bonds is 5. The summed E-state index contributed by atoms with van der Waals surface area (Å²) in [5.41, 5.74) is 6.11. The minimum absolute atomic E-state index is 0.0835. The van der Waals surface area contributed by atoms with Gasteiger partial charge in [0.05, 0.1) is 25.6 Å². The van der Waals surface area contributed by atoms with Gasteiger partial charge in [-0.05, 0) is 18.2 Å². The van der Waals surface area contributed by atoms with Gasteiger partial charge in [0, 0.05) is 18.5 Å². The smallest absolute Gasteiger partial charge is 0.265 e. The third kappa shape index (κ3) is 3.16. The van der Waals surface area contributed by atoms with Crippen LogP contribution in [0.4, 0.5) is 11.4 Å². The number of ether oxygens (including phenoxy) is 2. The second kappa shape index (κ2) is 5.88. The molecule has 1 aromatic carbocycles.